The number of carbonyl (C=O) groups excluding carboxylic acids is 1. The topological polar surface area (TPSA) is 41.5 Å². The van der Waals surface area contributed by atoms with Crippen molar-refractivity contribution < 1.29 is 4.79 Å². The second kappa shape index (κ2) is 6.22. The fraction of sp³-hybridized carbons (Fsp3) is 0. The summed E-state index contributed by atoms with van der Waals surface area (Å²) in [4.78, 5) is 17.6. The fourth-order valence-electron chi connectivity index (χ4n) is 3.69. The molecule has 3 heteroatoms. The fourth-order valence-corrected chi connectivity index (χ4v) is 3.69. The van der Waals surface area contributed by atoms with Crippen LogP contribution in [0.4, 0.5) is 11.4 Å². The average Bonchev–Trinajstić information content (AvgIpc) is 2.73. The highest BCUT2D eigenvalue weighted by atomic mass is 16.1. The molecule has 0 saturated carbocycles. The number of hydrogen-bond acceptors (Lipinski definition) is 2. The van der Waals surface area contributed by atoms with Gasteiger partial charge in [0.15, 0.2) is 5.78 Å². The Morgan fingerprint density at radius 1 is 0.667 bits per heavy atom. The first kappa shape index (κ1) is 15.5. The number of anilines is 1. The van der Waals surface area contributed by atoms with Gasteiger partial charge in [-0.05, 0) is 29.3 Å². The Hall–Kier alpha value is -3.72. The molecule has 27 heavy (non-hydrogen) atoms. The van der Waals surface area contributed by atoms with Crippen LogP contribution in [0.15, 0.2) is 89.9 Å². The number of ketones is 1. The second-order valence-electron chi connectivity index (χ2n) is 6.50. The SMILES string of the molecule is O=C1c2ccccc2-c2ccc(N=CNc3ccccc3)c3cccc1c23. The van der Waals surface area contributed by atoms with E-state index in [-0.39, 0.29) is 5.78 Å². The smallest absolute Gasteiger partial charge is 0.194 e. The highest BCUT2D eigenvalue weighted by molar-refractivity contribution is 6.27. The zero-order chi connectivity index (χ0) is 18.2. The van der Waals surface area contributed by atoms with Crippen LogP contribution in [0, 0.1) is 0 Å². The Labute approximate surface area is 157 Å². The van der Waals surface area contributed by atoms with Crippen molar-refractivity contribution in [2.75, 3.05) is 5.32 Å². The van der Waals surface area contributed by atoms with Crippen LogP contribution in [-0.4, -0.2) is 12.1 Å². The molecule has 5 rings (SSSR count). The summed E-state index contributed by atoms with van der Waals surface area (Å²) in [6.45, 7) is 0. The number of hydrogen-bond donors (Lipinski definition) is 1. The molecule has 1 aliphatic carbocycles. The van der Waals surface area contributed by atoms with Gasteiger partial charge in [0.25, 0.3) is 0 Å². The van der Waals surface area contributed by atoms with E-state index in [0.717, 1.165) is 44.4 Å². The van der Waals surface area contributed by atoms with Gasteiger partial charge in [-0.15, -0.1) is 0 Å². The van der Waals surface area contributed by atoms with Crippen molar-refractivity contribution in [2.24, 2.45) is 4.99 Å². The number of aliphatic imine (C=N–C) groups is 1. The zero-order valence-corrected chi connectivity index (χ0v) is 14.5. The van der Waals surface area contributed by atoms with Gasteiger partial charge < -0.3 is 5.32 Å². The van der Waals surface area contributed by atoms with Crippen LogP contribution in [0.5, 0.6) is 0 Å². The number of nitrogens with zero attached hydrogens (tertiary/aromatic N) is 1. The van der Waals surface area contributed by atoms with Crippen molar-refractivity contribution in [3.05, 3.63) is 96.1 Å². The quantitative estimate of drug-likeness (QED) is 0.329. The summed E-state index contributed by atoms with van der Waals surface area (Å²) >= 11 is 0. The predicted octanol–water partition coefficient (Wildman–Crippen LogP) is 5.82. The predicted molar refractivity (Wildman–Crippen MR) is 111 cm³/mol. The number of fused-ring (bicyclic) bond motifs is 2. The summed E-state index contributed by atoms with van der Waals surface area (Å²) in [5, 5.41) is 5.15. The van der Waals surface area contributed by atoms with E-state index in [1.54, 1.807) is 6.34 Å². The molecule has 1 aliphatic rings. The van der Waals surface area contributed by atoms with Crippen LogP contribution in [0.25, 0.3) is 21.9 Å². The Morgan fingerprint density at radius 2 is 1.41 bits per heavy atom. The summed E-state index contributed by atoms with van der Waals surface area (Å²) in [5.41, 5.74) is 5.41. The molecule has 128 valence electrons. The molecule has 0 unspecified atom stereocenters. The molecule has 0 radical (unpaired) electrons. The van der Waals surface area contributed by atoms with Gasteiger partial charge >= 0.3 is 0 Å². The molecule has 0 fully saturated rings. The highest BCUT2D eigenvalue weighted by Crippen LogP contribution is 2.42. The third-order valence-corrected chi connectivity index (χ3v) is 4.93. The van der Waals surface area contributed by atoms with E-state index in [1.807, 2.05) is 78.9 Å². The summed E-state index contributed by atoms with van der Waals surface area (Å²) in [6.07, 6.45) is 1.69. The molecule has 0 heterocycles. The van der Waals surface area contributed by atoms with Gasteiger partial charge in [-0.2, -0.15) is 0 Å². The number of rotatable bonds is 3. The lowest BCUT2D eigenvalue weighted by Gasteiger charge is -2.20. The first-order chi connectivity index (χ1) is 13.3. The molecule has 4 aromatic rings. The van der Waals surface area contributed by atoms with Crippen LogP contribution < -0.4 is 5.32 Å². The van der Waals surface area contributed by atoms with E-state index in [4.69, 9.17) is 0 Å². The first-order valence-electron chi connectivity index (χ1n) is 8.87. The molecule has 0 spiro atoms. The van der Waals surface area contributed by atoms with Gasteiger partial charge in [0, 0.05) is 27.6 Å². The number of benzene rings is 4. The van der Waals surface area contributed by atoms with Crippen LogP contribution >= 0.6 is 0 Å². The largest absolute Gasteiger partial charge is 0.346 e. The van der Waals surface area contributed by atoms with E-state index in [1.165, 1.54) is 0 Å². The monoisotopic (exact) mass is 348 g/mol. The maximum atomic E-state index is 13.0. The van der Waals surface area contributed by atoms with Gasteiger partial charge in [0.1, 0.15) is 0 Å². The van der Waals surface area contributed by atoms with Crippen molar-refractivity contribution in [3.63, 3.8) is 0 Å². The van der Waals surface area contributed by atoms with Crippen LogP contribution in [0.1, 0.15) is 15.9 Å². The van der Waals surface area contributed by atoms with Gasteiger partial charge in [-0.1, -0.05) is 66.7 Å². The lowest BCUT2D eigenvalue weighted by molar-refractivity contribution is 0.104. The number of nitrogens with one attached hydrogen (secondary N) is 1. The first-order valence-corrected chi connectivity index (χ1v) is 8.87. The van der Waals surface area contributed by atoms with Crippen LogP contribution in [0.3, 0.4) is 0 Å². The van der Waals surface area contributed by atoms with Gasteiger partial charge in [-0.25, -0.2) is 4.99 Å². The molecular weight excluding hydrogens is 332 g/mol. The molecule has 0 saturated heterocycles. The normalized spacial score (nSPS) is 12.4. The summed E-state index contributed by atoms with van der Waals surface area (Å²) in [5.74, 6) is 0.0761. The van der Waals surface area contributed by atoms with E-state index < -0.39 is 0 Å². The molecule has 0 atom stereocenters. The minimum Gasteiger partial charge on any atom is -0.346 e. The Kier molecular flexibility index (Phi) is 3.58. The lowest BCUT2D eigenvalue weighted by atomic mass is 9.82. The van der Waals surface area contributed by atoms with E-state index in [9.17, 15) is 4.79 Å². The molecule has 1 N–H and O–H groups in total. The molecule has 0 aromatic heterocycles. The summed E-state index contributed by atoms with van der Waals surface area (Å²) < 4.78 is 0. The molecular formula is C24H16N2O. The average molecular weight is 348 g/mol. The Morgan fingerprint density at radius 3 is 2.26 bits per heavy atom. The lowest BCUT2D eigenvalue weighted by Crippen LogP contribution is -2.09. The van der Waals surface area contributed by atoms with Crippen molar-refractivity contribution in [1.29, 1.82) is 0 Å². The van der Waals surface area contributed by atoms with Crippen molar-refractivity contribution in [1.82, 2.24) is 0 Å². The van der Waals surface area contributed by atoms with E-state index in [2.05, 4.69) is 16.4 Å². The summed E-state index contributed by atoms with van der Waals surface area (Å²) in [6, 6.07) is 27.6. The maximum Gasteiger partial charge on any atom is 0.194 e. The zero-order valence-electron chi connectivity index (χ0n) is 14.5. The number of carbonyl (C=O) groups is 1. The standard InChI is InChI=1S/C24H16N2O/c27-24-19-10-5-4-9-17(19)18-13-14-22(20-11-6-12-21(24)23(18)20)26-15-25-16-7-2-1-3-8-16/h1-15H,(H,25,26). The third-order valence-electron chi connectivity index (χ3n) is 4.93. The van der Waals surface area contributed by atoms with Gasteiger partial charge in [0.05, 0.1) is 12.0 Å². The molecule has 0 aliphatic heterocycles. The Bertz CT molecular complexity index is 1210. The molecule has 4 aromatic carbocycles. The second-order valence-corrected chi connectivity index (χ2v) is 6.50. The Balaban J connectivity index is 1.64. The minimum absolute atomic E-state index is 0.0761. The van der Waals surface area contributed by atoms with Crippen molar-refractivity contribution in [3.8, 4) is 11.1 Å². The number of para-hydroxylation sites is 1. The van der Waals surface area contributed by atoms with Crippen molar-refractivity contribution in [2.45, 2.75) is 0 Å². The van der Waals surface area contributed by atoms with Crippen molar-refractivity contribution >= 4 is 34.3 Å². The molecule has 0 amide bonds. The highest BCUT2D eigenvalue weighted by Gasteiger charge is 2.25. The van der Waals surface area contributed by atoms with Crippen LogP contribution in [0.2, 0.25) is 0 Å². The minimum atomic E-state index is 0.0761. The van der Waals surface area contributed by atoms with E-state index in [0.29, 0.717) is 0 Å². The summed E-state index contributed by atoms with van der Waals surface area (Å²) in [7, 11) is 0. The van der Waals surface area contributed by atoms with Gasteiger partial charge in [0.2, 0.25) is 0 Å². The van der Waals surface area contributed by atoms with Crippen LogP contribution in [-0.2, 0) is 0 Å². The molecule has 0 bridgehead atoms. The van der Waals surface area contributed by atoms with Gasteiger partial charge in [-0.3, -0.25) is 4.79 Å². The molecule has 3 nitrogen and oxygen atoms in total. The third kappa shape index (κ3) is 2.52. The maximum absolute atomic E-state index is 13.0. The van der Waals surface area contributed by atoms with E-state index >= 15 is 0 Å².